The Morgan fingerprint density at radius 1 is 1.38 bits per heavy atom. The van der Waals surface area contributed by atoms with E-state index in [1.807, 2.05) is 13.0 Å². The van der Waals surface area contributed by atoms with Gasteiger partial charge in [-0.3, -0.25) is 0 Å². The van der Waals surface area contributed by atoms with Crippen LogP contribution in [0.1, 0.15) is 29.7 Å². The van der Waals surface area contributed by atoms with E-state index in [0.717, 1.165) is 5.56 Å². The van der Waals surface area contributed by atoms with Crippen LogP contribution >= 0.6 is 11.6 Å². The van der Waals surface area contributed by atoms with Crippen LogP contribution < -0.4 is 10.5 Å². The number of rotatable bonds is 4. The summed E-state index contributed by atoms with van der Waals surface area (Å²) in [6.45, 7) is 1.85. The number of nitrogens with two attached hydrogens (primary N) is 1. The number of nitrogens with zero attached hydrogens (tertiary/aromatic N) is 1. The van der Waals surface area contributed by atoms with Crippen molar-refractivity contribution in [2.24, 2.45) is 5.73 Å². The first kappa shape index (κ1) is 15.3. The molecule has 0 aliphatic heterocycles. The number of benzene rings is 2. The van der Waals surface area contributed by atoms with Gasteiger partial charge in [-0.25, -0.2) is 4.39 Å². The summed E-state index contributed by atoms with van der Waals surface area (Å²) in [6, 6.07) is 11.5. The number of halogens is 2. The Hall–Kier alpha value is -2.09. The standard InChI is InChI=1S/C16H14ClFN2O/c1-10(20)11-5-6-15(14(17)7-11)21-9-13-4-2-3-12(8-19)16(13)18/h2-7,10H,9,20H2,1H3/t10-/m1/s1. The summed E-state index contributed by atoms with van der Waals surface area (Å²) in [7, 11) is 0. The van der Waals surface area contributed by atoms with Crippen LogP contribution in [0.2, 0.25) is 5.02 Å². The van der Waals surface area contributed by atoms with Crippen LogP contribution in [-0.4, -0.2) is 0 Å². The maximum atomic E-state index is 13.9. The fourth-order valence-corrected chi connectivity index (χ4v) is 2.09. The van der Waals surface area contributed by atoms with Crippen LogP contribution in [0.3, 0.4) is 0 Å². The quantitative estimate of drug-likeness (QED) is 0.930. The van der Waals surface area contributed by atoms with Gasteiger partial charge in [-0.1, -0.05) is 29.8 Å². The Bertz CT molecular complexity index is 695. The summed E-state index contributed by atoms with van der Waals surface area (Å²) >= 11 is 6.11. The minimum atomic E-state index is -0.566. The van der Waals surface area contributed by atoms with Gasteiger partial charge < -0.3 is 10.5 Å². The van der Waals surface area contributed by atoms with Gasteiger partial charge in [0.2, 0.25) is 0 Å². The molecule has 108 valence electrons. The maximum Gasteiger partial charge on any atom is 0.147 e. The van der Waals surface area contributed by atoms with E-state index in [1.54, 1.807) is 30.3 Å². The van der Waals surface area contributed by atoms with Crippen molar-refractivity contribution < 1.29 is 9.13 Å². The van der Waals surface area contributed by atoms with E-state index in [9.17, 15) is 4.39 Å². The number of ether oxygens (including phenoxy) is 1. The molecule has 0 fully saturated rings. The second-order valence-corrected chi connectivity index (χ2v) is 5.06. The molecule has 5 heteroatoms. The van der Waals surface area contributed by atoms with E-state index in [0.29, 0.717) is 16.3 Å². The second kappa shape index (κ2) is 6.57. The monoisotopic (exact) mass is 304 g/mol. The SMILES string of the molecule is C[C@@H](N)c1ccc(OCc2cccc(C#N)c2F)c(Cl)c1. The molecule has 0 saturated heterocycles. The highest BCUT2D eigenvalue weighted by molar-refractivity contribution is 6.32. The molecule has 2 aromatic carbocycles. The maximum absolute atomic E-state index is 13.9. The van der Waals surface area contributed by atoms with Gasteiger partial charge in [0.1, 0.15) is 24.2 Å². The summed E-state index contributed by atoms with van der Waals surface area (Å²) in [5, 5.41) is 9.21. The molecule has 0 aromatic heterocycles. The Morgan fingerprint density at radius 2 is 2.14 bits per heavy atom. The van der Waals surface area contributed by atoms with E-state index >= 15 is 0 Å². The third-order valence-electron chi connectivity index (χ3n) is 3.06. The average Bonchev–Trinajstić information content (AvgIpc) is 2.47. The molecule has 0 aliphatic rings. The second-order valence-electron chi connectivity index (χ2n) is 4.66. The molecule has 0 amide bonds. The summed E-state index contributed by atoms with van der Waals surface area (Å²) in [4.78, 5) is 0. The predicted molar refractivity (Wildman–Crippen MR) is 79.5 cm³/mol. The number of hydrogen-bond acceptors (Lipinski definition) is 3. The van der Waals surface area contributed by atoms with E-state index in [1.165, 1.54) is 6.07 Å². The highest BCUT2D eigenvalue weighted by Crippen LogP contribution is 2.28. The van der Waals surface area contributed by atoms with Crippen LogP contribution in [0.5, 0.6) is 5.75 Å². The van der Waals surface area contributed by atoms with Crippen molar-refractivity contribution in [3.05, 3.63) is 63.9 Å². The molecule has 2 rings (SSSR count). The zero-order valence-electron chi connectivity index (χ0n) is 11.4. The fourth-order valence-electron chi connectivity index (χ4n) is 1.85. The average molecular weight is 305 g/mol. The van der Waals surface area contributed by atoms with Gasteiger partial charge in [-0.05, 0) is 30.7 Å². The smallest absolute Gasteiger partial charge is 0.147 e. The van der Waals surface area contributed by atoms with Crippen molar-refractivity contribution in [3.63, 3.8) is 0 Å². The zero-order valence-corrected chi connectivity index (χ0v) is 12.2. The van der Waals surface area contributed by atoms with E-state index in [4.69, 9.17) is 27.3 Å². The van der Waals surface area contributed by atoms with Crippen molar-refractivity contribution in [2.45, 2.75) is 19.6 Å². The minimum Gasteiger partial charge on any atom is -0.487 e. The Kier molecular flexibility index (Phi) is 4.79. The molecule has 0 unspecified atom stereocenters. The third-order valence-corrected chi connectivity index (χ3v) is 3.36. The highest BCUT2D eigenvalue weighted by atomic mass is 35.5. The summed E-state index contributed by atoms with van der Waals surface area (Å²) < 4.78 is 19.4. The molecule has 0 heterocycles. The molecule has 0 spiro atoms. The van der Waals surface area contributed by atoms with Crippen LogP contribution in [0.15, 0.2) is 36.4 Å². The van der Waals surface area contributed by atoms with Gasteiger partial charge in [-0.2, -0.15) is 5.26 Å². The van der Waals surface area contributed by atoms with Crippen LogP contribution in [0.25, 0.3) is 0 Å². The van der Waals surface area contributed by atoms with Gasteiger partial charge in [0.25, 0.3) is 0 Å². The van der Waals surface area contributed by atoms with Gasteiger partial charge in [-0.15, -0.1) is 0 Å². The molecule has 0 aliphatic carbocycles. The van der Waals surface area contributed by atoms with Crippen LogP contribution in [-0.2, 0) is 6.61 Å². The van der Waals surface area contributed by atoms with Gasteiger partial charge in [0, 0.05) is 11.6 Å². The lowest BCUT2D eigenvalue weighted by Gasteiger charge is -2.12. The lowest BCUT2D eigenvalue weighted by atomic mass is 10.1. The third kappa shape index (κ3) is 3.52. The zero-order chi connectivity index (χ0) is 15.4. The van der Waals surface area contributed by atoms with Crippen LogP contribution in [0, 0.1) is 17.1 Å². The number of hydrogen-bond donors (Lipinski definition) is 1. The Labute approximate surface area is 127 Å². The largest absolute Gasteiger partial charge is 0.487 e. The predicted octanol–water partition coefficient (Wildman–Crippen LogP) is 3.95. The molecular formula is C16H14ClFN2O. The van der Waals surface area contributed by atoms with Gasteiger partial charge in [0.05, 0.1) is 10.6 Å². The molecule has 21 heavy (non-hydrogen) atoms. The molecule has 2 N–H and O–H groups in total. The molecule has 3 nitrogen and oxygen atoms in total. The minimum absolute atomic E-state index is 0.00139. The molecule has 1 atom stereocenters. The summed E-state index contributed by atoms with van der Waals surface area (Å²) in [5.74, 6) is -0.119. The van der Waals surface area contributed by atoms with Crippen molar-refractivity contribution in [3.8, 4) is 11.8 Å². The van der Waals surface area contributed by atoms with Crippen molar-refractivity contribution >= 4 is 11.6 Å². The first-order valence-corrected chi connectivity index (χ1v) is 6.76. The van der Waals surface area contributed by atoms with Crippen LogP contribution in [0.4, 0.5) is 4.39 Å². The molecule has 0 radical (unpaired) electrons. The lowest BCUT2D eigenvalue weighted by molar-refractivity contribution is 0.300. The first-order valence-electron chi connectivity index (χ1n) is 6.38. The van der Waals surface area contributed by atoms with E-state index < -0.39 is 5.82 Å². The first-order chi connectivity index (χ1) is 10.0. The highest BCUT2D eigenvalue weighted by Gasteiger charge is 2.10. The molecule has 0 saturated carbocycles. The van der Waals surface area contributed by atoms with Crippen molar-refractivity contribution in [2.75, 3.05) is 0 Å². The topological polar surface area (TPSA) is 59.0 Å². The summed E-state index contributed by atoms with van der Waals surface area (Å²) in [5.41, 5.74) is 6.97. The molecule has 2 aromatic rings. The van der Waals surface area contributed by atoms with Crippen molar-refractivity contribution in [1.82, 2.24) is 0 Å². The normalized spacial score (nSPS) is 11.8. The van der Waals surface area contributed by atoms with Gasteiger partial charge >= 0.3 is 0 Å². The van der Waals surface area contributed by atoms with E-state index in [2.05, 4.69) is 0 Å². The van der Waals surface area contributed by atoms with E-state index in [-0.39, 0.29) is 18.2 Å². The Morgan fingerprint density at radius 3 is 2.76 bits per heavy atom. The fraction of sp³-hybridized carbons (Fsp3) is 0.188. The molecular weight excluding hydrogens is 291 g/mol. The Balaban J connectivity index is 2.16. The van der Waals surface area contributed by atoms with Gasteiger partial charge in [0.15, 0.2) is 0 Å². The summed E-state index contributed by atoms with van der Waals surface area (Å²) in [6.07, 6.45) is 0. The van der Waals surface area contributed by atoms with Crippen molar-refractivity contribution in [1.29, 1.82) is 5.26 Å². The number of nitriles is 1. The molecule has 0 bridgehead atoms. The lowest BCUT2D eigenvalue weighted by Crippen LogP contribution is -2.05.